The molecule has 0 spiro atoms. The van der Waals surface area contributed by atoms with Crippen LogP contribution in [0, 0.1) is 11.8 Å². The molecule has 0 amide bonds. The van der Waals surface area contributed by atoms with Gasteiger partial charge in [-0.2, -0.15) is 4.98 Å². The van der Waals surface area contributed by atoms with Gasteiger partial charge in [0.15, 0.2) is 5.82 Å². The molecule has 3 unspecified atom stereocenters. The Morgan fingerprint density at radius 3 is 2.89 bits per heavy atom. The highest BCUT2D eigenvalue weighted by molar-refractivity contribution is 6.32. The molecule has 1 aliphatic carbocycles. The van der Waals surface area contributed by atoms with Crippen molar-refractivity contribution in [3.05, 3.63) is 11.2 Å². The lowest BCUT2D eigenvalue weighted by molar-refractivity contribution is 0.253. The predicted octanol–water partition coefficient (Wildman–Crippen LogP) is 2.65. The average Bonchev–Trinajstić information content (AvgIpc) is 2.37. The molecular formula is C12H20ClN5. The normalized spacial score (nSPS) is 27.9. The van der Waals surface area contributed by atoms with E-state index in [0.29, 0.717) is 28.7 Å². The maximum absolute atomic E-state index is 6.10. The van der Waals surface area contributed by atoms with Gasteiger partial charge in [-0.15, -0.1) is 0 Å². The van der Waals surface area contributed by atoms with Gasteiger partial charge in [0.1, 0.15) is 5.02 Å². The number of anilines is 2. The fraction of sp³-hybridized carbons (Fsp3) is 0.667. The molecule has 2 rings (SSSR count). The summed E-state index contributed by atoms with van der Waals surface area (Å²) in [5, 5.41) is 3.95. The summed E-state index contributed by atoms with van der Waals surface area (Å²) in [6.45, 7) is 4.58. The van der Waals surface area contributed by atoms with E-state index in [0.717, 1.165) is 12.3 Å². The zero-order valence-electron chi connectivity index (χ0n) is 10.8. The van der Waals surface area contributed by atoms with Crippen LogP contribution >= 0.6 is 11.6 Å². The molecule has 0 saturated heterocycles. The van der Waals surface area contributed by atoms with Gasteiger partial charge in [0.05, 0.1) is 6.20 Å². The Hall–Kier alpha value is -1.07. The fourth-order valence-electron chi connectivity index (χ4n) is 2.50. The molecule has 0 aliphatic heterocycles. The maximum Gasteiger partial charge on any atom is 0.239 e. The van der Waals surface area contributed by atoms with Crippen LogP contribution < -0.4 is 16.6 Å². The number of rotatable bonds is 3. The van der Waals surface area contributed by atoms with E-state index in [1.54, 1.807) is 6.20 Å². The van der Waals surface area contributed by atoms with Crippen molar-refractivity contribution in [2.45, 2.75) is 39.2 Å². The van der Waals surface area contributed by atoms with E-state index >= 15 is 0 Å². The highest BCUT2D eigenvalue weighted by Gasteiger charge is 2.27. The van der Waals surface area contributed by atoms with Crippen molar-refractivity contribution in [3.63, 3.8) is 0 Å². The van der Waals surface area contributed by atoms with Gasteiger partial charge in [-0.05, 0) is 18.3 Å². The molecule has 18 heavy (non-hydrogen) atoms. The lowest BCUT2D eigenvalue weighted by Gasteiger charge is -2.35. The van der Waals surface area contributed by atoms with Gasteiger partial charge >= 0.3 is 0 Å². The second-order valence-electron chi connectivity index (χ2n) is 5.05. The minimum absolute atomic E-state index is 0.374. The van der Waals surface area contributed by atoms with Crippen molar-refractivity contribution in [3.8, 4) is 0 Å². The molecule has 1 fully saturated rings. The van der Waals surface area contributed by atoms with E-state index in [4.69, 9.17) is 17.4 Å². The standard InChI is InChI=1S/C12H20ClN5/c1-7-4-3-5-10(8(7)2)16-11-9(13)6-15-12(17-11)18-14/h6-8,10H,3-5,14H2,1-2H3,(H2,15,16,17,18). The monoisotopic (exact) mass is 269 g/mol. The molecule has 100 valence electrons. The average molecular weight is 270 g/mol. The van der Waals surface area contributed by atoms with Crippen LogP contribution in [-0.2, 0) is 0 Å². The van der Waals surface area contributed by atoms with E-state index < -0.39 is 0 Å². The number of hydrogen-bond donors (Lipinski definition) is 3. The van der Waals surface area contributed by atoms with Crippen molar-refractivity contribution in [1.82, 2.24) is 9.97 Å². The first-order valence-electron chi connectivity index (χ1n) is 6.37. The van der Waals surface area contributed by atoms with Crippen LogP contribution in [0.3, 0.4) is 0 Å². The van der Waals surface area contributed by atoms with Gasteiger partial charge in [0, 0.05) is 6.04 Å². The number of halogens is 1. The van der Waals surface area contributed by atoms with E-state index in [-0.39, 0.29) is 0 Å². The van der Waals surface area contributed by atoms with Gasteiger partial charge < -0.3 is 5.32 Å². The summed E-state index contributed by atoms with van der Waals surface area (Å²) >= 11 is 6.10. The van der Waals surface area contributed by atoms with Crippen molar-refractivity contribution in [2.24, 2.45) is 17.7 Å². The fourth-order valence-corrected chi connectivity index (χ4v) is 2.64. The van der Waals surface area contributed by atoms with E-state index in [2.05, 4.69) is 34.6 Å². The molecule has 0 aromatic carbocycles. The summed E-state index contributed by atoms with van der Waals surface area (Å²) in [5.74, 6) is 7.67. The number of nitrogens with one attached hydrogen (secondary N) is 2. The molecule has 1 heterocycles. The van der Waals surface area contributed by atoms with Crippen LogP contribution in [0.1, 0.15) is 33.1 Å². The van der Waals surface area contributed by atoms with Gasteiger partial charge in [0.2, 0.25) is 5.95 Å². The lowest BCUT2D eigenvalue weighted by Crippen LogP contribution is -2.35. The summed E-state index contributed by atoms with van der Waals surface area (Å²) in [5.41, 5.74) is 2.43. The third-order valence-corrected chi connectivity index (χ3v) is 4.18. The van der Waals surface area contributed by atoms with E-state index in [1.807, 2.05) is 0 Å². The summed E-state index contributed by atoms with van der Waals surface area (Å²) < 4.78 is 0. The summed E-state index contributed by atoms with van der Waals surface area (Å²) in [6, 6.07) is 0.409. The second-order valence-corrected chi connectivity index (χ2v) is 5.46. The SMILES string of the molecule is CC1CCCC(Nc2nc(NN)ncc2Cl)C1C. The van der Waals surface area contributed by atoms with Crippen molar-refractivity contribution >= 4 is 23.4 Å². The minimum atomic E-state index is 0.374. The predicted molar refractivity (Wildman–Crippen MR) is 74.4 cm³/mol. The molecule has 0 bridgehead atoms. The number of nitrogens with two attached hydrogens (primary N) is 1. The largest absolute Gasteiger partial charge is 0.366 e. The third kappa shape index (κ3) is 2.84. The van der Waals surface area contributed by atoms with Crippen LogP contribution in [0.5, 0.6) is 0 Å². The highest BCUT2D eigenvalue weighted by Crippen LogP contribution is 2.32. The van der Waals surface area contributed by atoms with Gasteiger partial charge in [-0.3, -0.25) is 5.43 Å². The Bertz CT molecular complexity index is 411. The van der Waals surface area contributed by atoms with Crippen LogP contribution in [0.2, 0.25) is 5.02 Å². The summed E-state index contributed by atoms with van der Waals surface area (Å²) in [4.78, 5) is 8.22. The number of aromatic nitrogens is 2. The molecule has 5 nitrogen and oxygen atoms in total. The number of hydrazine groups is 1. The number of hydrogen-bond acceptors (Lipinski definition) is 5. The number of nitrogens with zero attached hydrogens (tertiary/aromatic N) is 2. The first-order valence-corrected chi connectivity index (χ1v) is 6.75. The Morgan fingerprint density at radius 1 is 1.39 bits per heavy atom. The van der Waals surface area contributed by atoms with Crippen LogP contribution in [0.4, 0.5) is 11.8 Å². The molecule has 1 aliphatic rings. The number of nitrogen functional groups attached to an aromatic ring is 1. The molecule has 1 aromatic rings. The first-order chi connectivity index (χ1) is 8.61. The molecule has 1 aromatic heterocycles. The molecule has 3 atom stereocenters. The van der Waals surface area contributed by atoms with Crippen molar-refractivity contribution in [1.29, 1.82) is 0 Å². The molecule has 1 saturated carbocycles. The van der Waals surface area contributed by atoms with Gasteiger partial charge in [0.25, 0.3) is 0 Å². The quantitative estimate of drug-likeness (QED) is 0.581. The lowest BCUT2D eigenvalue weighted by atomic mass is 9.78. The Kier molecular flexibility index (Phi) is 4.24. The smallest absolute Gasteiger partial charge is 0.239 e. The summed E-state index contributed by atoms with van der Waals surface area (Å²) in [7, 11) is 0. The third-order valence-electron chi connectivity index (χ3n) is 3.90. The minimum Gasteiger partial charge on any atom is -0.366 e. The summed E-state index contributed by atoms with van der Waals surface area (Å²) in [6.07, 6.45) is 5.25. The Balaban J connectivity index is 2.12. The topological polar surface area (TPSA) is 75.9 Å². The molecular weight excluding hydrogens is 250 g/mol. The van der Waals surface area contributed by atoms with Crippen LogP contribution in [0.15, 0.2) is 6.20 Å². The molecule has 0 radical (unpaired) electrons. The Labute approximate surface area is 112 Å². The zero-order chi connectivity index (χ0) is 13.1. The zero-order valence-corrected chi connectivity index (χ0v) is 11.5. The van der Waals surface area contributed by atoms with Gasteiger partial charge in [-0.1, -0.05) is 38.3 Å². The van der Waals surface area contributed by atoms with Crippen LogP contribution in [0.25, 0.3) is 0 Å². The maximum atomic E-state index is 6.10. The first kappa shape index (κ1) is 13.4. The highest BCUT2D eigenvalue weighted by atomic mass is 35.5. The van der Waals surface area contributed by atoms with Gasteiger partial charge in [-0.25, -0.2) is 10.8 Å². The van der Waals surface area contributed by atoms with Crippen molar-refractivity contribution < 1.29 is 0 Å². The molecule has 6 heteroatoms. The Morgan fingerprint density at radius 2 is 2.17 bits per heavy atom. The second kappa shape index (κ2) is 5.71. The van der Waals surface area contributed by atoms with E-state index in [1.165, 1.54) is 12.8 Å². The molecule has 4 N–H and O–H groups in total. The van der Waals surface area contributed by atoms with Crippen molar-refractivity contribution in [2.75, 3.05) is 10.7 Å². The van der Waals surface area contributed by atoms with Crippen LogP contribution in [-0.4, -0.2) is 16.0 Å². The van der Waals surface area contributed by atoms with E-state index in [9.17, 15) is 0 Å².